The van der Waals surface area contributed by atoms with Crippen molar-refractivity contribution in [3.05, 3.63) is 52.3 Å². The molecular weight excluding hydrogens is 520 g/mol. The topological polar surface area (TPSA) is 48.7 Å². The zero-order valence-electron chi connectivity index (χ0n) is 18.3. The number of nitrogens with zero attached hydrogens (tertiary/aromatic N) is 5. The van der Waals surface area contributed by atoms with Gasteiger partial charge in [0.05, 0.1) is 11.3 Å². The van der Waals surface area contributed by atoms with Gasteiger partial charge in [-0.3, -0.25) is 14.6 Å². The van der Waals surface area contributed by atoms with E-state index < -0.39 is 11.7 Å². The van der Waals surface area contributed by atoms with Gasteiger partial charge in [0, 0.05) is 64.6 Å². The lowest BCUT2D eigenvalue weighted by Crippen LogP contribution is -2.52. The molecule has 0 unspecified atom stereocenters. The highest BCUT2D eigenvalue weighted by Gasteiger charge is 2.30. The van der Waals surface area contributed by atoms with E-state index in [-0.39, 0.29) is 24.0 Å². The minimum absolute atomic E-state index is 0. The van der Waals surface area contributed by atoms with Gasteiger partial charge in [-0.2, -0.15) is 18.3 Å². The summed E-state index contributed by atoms with van der Waals surface area (Å²) in [7, 11) is 3.70. The standard InChI is InChI=1S/C21H29F3N6.HI/c1-15-19(16(2)28(4)27-15)13-26-20(25-3)30-10-8-29(9-11-30)14-17-6-5-7-18(12-17)21(22,23)24;/h5-7,12H,8-11,13-14H2,1-4H3,(H,25,26);1H. The van der Waals surface area contributed by atoms with Gasteiger partial charge in [0.1, 0.15) is 0 Å². The van der Waals surface area contributed by atoms with Crippen molar-refractivity contribution >= 4 is 29.9 Å². The van der Waals surface area contributed by atoms with Gasteiger partial charge in [0.2, 0.25) is 0 Å². The van der Waals surface area contributed by atoms with E-state index in [9.17, 15) is 13.2 Å². The maximum atomic E-state index is 12.9. The third-order valence-corrected chi connectivity index (χ3v) is 5.63. The van der Waals surface area contributed by atoms with Crippen molar-refractivity contribution in [2.45, 2.75) is 33.1 Å². The fourth-order valence-corrected chi connectivity index (χ4v) is 3.80. The Balaban J connectivity index is 0.00000341. The minimum Gasteiger partial charge on any atom is -0.352 e. The Morgan fingerprint density at radius 3 is 2.39 bits per heavy atom. The Morgan fingerprint density at radius 2 is 1.84 bits per heavy atom. The molecular formula is C21H30F3IN6. The fraction of sp³-hybridized carbons (Fsp3) is 0.524. The average molecular weight is 550 g/mol. The monoisotopic (exact) mass is 550 g/mol. The summed E-state index contributed by atoms with van der Waals surface area (Å²) < 4.78 is 40.7. The highest BCUT2D eigenvalue weighted by atomic mass is 127. The molecule has 1 aromatic heterocycles. The summed E-state index contributed by atoms with van der Waals surface area (Å²) >= 11 is 0. The van der Waals surface area contributed by atoms with Gasteiger partial charge in [0.25, 0.3) is 0 Å². The second-order valence-corrected chi connectivity index (χ2v) is 7.64. The summed E-state index contributed by atoms with van der Waals surface area (Å²) in [6.45, 7) is 8.28. The Bertz CT molecular complexity index is 901. The van der Waals surface area contributed by atoms with Gasteiger partial charge >= 0.3 is 6.18 Å². The lowest BCUT2D eigenvalue weighted by atomic mass is 10.1. The van der Waals surface area contributed by atoms with E-state index in [0.29, 0.717) is 18.7 Å². The van der Waals surface area contributed by atoms with Crippen molar-refractivity contribution in [2.75, 3.05) is 33.2 Å². The number of piperazine rings is 1. The number of nitrogens with one attached hydrogen (secondary N) is 1. The third kappa shape index (κ3) is 6.34. The lowest BCUT2D eigenvalue weighted by Gasteiger charge is -2.36. The number of hydrogen-bond acceptors (Lipinski definition) is 3. The van der Waals surface area contributed by atoms with Crippen LogP contribution in [0.15, 0.2) is 29.3 Å². The molecule has 0 spiro atoms. The van der Waals surface area contributed by atoms with Crippen LogP contribution in [0.4, 0.5) is 13.2 Å². The highest BCUT2D eigenvalue weighted by molar-refractivity contribution is 14.0. The van der Waals surface area contributed by atoms with E-state index >= 15 is 0 Å². The molecule has 0 amide bonds. The van der Waals surface area contributed by atoms with Gasteiger partial charge in [-0.25, -0.2) is 0 Å². The molecule has 2 heterocycles. The van der Waals surface area contributed by atoms with Crippen molar-refractivity contribution in [1.29, 1.82) is 0 Å². The molecule has 0 saturated carbocycles. The zero-order valence-corrected chi connectivity index (χ0v) is 20.7. The first-order valence-electron chi connectivity index (χ1n) is 10.0. The minimum atomic E-state index is -4.31. The van der Waals surface area contributed by atoms with Crippen LogP contribution in [-0.4, -0.2) is 58.8 Å². The average Bonchev–Trinajstić information content (AvgIpc) is 2.95. The summed E-state index contributed by atoms with van der Waals surface area (Å²) in [4.78, 5) is 8.76. The fourth-order valence-electron chi connectivity index (χ4n) is 3.80. The van der Waals surface area contributed by atoms with Gasteiger partial charge in [-0.05, 0) is 25.5 Å². The number of benzene rings is 1. The molecule has 0 atom stereocenters. The largest absolute Gasteiger partial charge is 0.416 e. The van der Waals surface area contributed by atoms with Crippen molar-refractivity contribution in [3.8, 4) is 0 Å². The number of guanidine groups is 1. The van der Waals surface area contributed by atoms with E-state index in [4.69, 9.17) is 0 Å². The van der Waals surface area contributed by atoms with Crippen LogP contribution >= 0.6 is 24.0 Å². The van der Waals surface area contributed by atoms with E-state index in [1.165, 1.54) is 17.7 Å². The molecule has 6 nitrogen and oxygen atoms in total. The van der Waals surface area contributed by atoms with Crippen molar-refractivity contribution in [1.82, 2.24) is 24.9 Å². The van der Waals surface area contributed by atoms with Crippen LogP contribution in [0.1, 0.15) is 28.1 Å². The maximum absolute atomic E-state index is 12.9. The van der Waals surface area contributed by atoms with Gasteiger partial charge in [-0.1, -0.05) is 18.2 Å². The van der Waals surface area contributed by atoms with Crippen molar-refractivity contribution < 1.29 is 13.2 Å². The second-order valence-electron chi connectivity index (χ2n) is 7.64. The zero-order chi connectivity index (χ0) is 21.9. The lowest BCUT2D eigenvalue weighted by molar-refractivity contribution is -0.137. The summed E-state index contributed by atoms with van der Waals surface area (Å²) in [5.74, 6) is 0.830. The summed E-state index contributed by atoms with van der Waals surface area (Å²) in [5.41, 5.74) is 3.39. The number of rotatable bonds is 4. The molecule has 3 rings (SSSR count). The van der Waals surface area contributed by atoms with Crippen LogP contribution in [0.2, 0.25) is 0 Å². The number of aryl methyl sites for hydroxylation is 2. The molecule has 1 aliphatic rings. The Labute approximate surface area is 198 Å². The second kappa shape index (κ2) is 10.7. The molecule has 1 saturated heterocycles. The third-order valence-electron chi connectivity index (χ3n) is 5.63. The first-order chi connectivity index (χ1) is 14.2. The van der Waals surface area contributed by atoms with Crippen LogP contribution < -0.4 is 5.32 Å². The molecule has 1 fully saturated rings. The Hall–Kier alpha value is -1.82. The quantitative estimate of drug-likeness (QED) is 0.360. The molecule has 0 bridgehead atoms. The smallest absolute Gasteiger partial charge is 0.352 e. The molecule has 1 aromatic carbocycles. The van der Waals surface area contributed by atoms with E-state index in [1.54, 1.807) is 13.1 Å². The normalized spacial score (nSPS) is 15.7. The molecule has 31 heavy (non-hydrogen) atoms. The van der Waals surface area contributed by atoms with Gasteiger partial charge < -0.3 is 10.2 Å². The predicted molar refractivity (Wildman–Crippen MR) is 127 cm³/mol. The summed E-state index contributed by atoms with van der Waals surface area (Å²) in [6, 6.07) is 5.58. The molecule has 10 heteroatoms. The first-order valence-corrected chi connectivity index (χ1v) is 10.0. The number of aliphatic imine (C=N–C) groups is 1. The van der Waals surface area contributed by atoms with Gasteiger partial charge in [-0.15, -0.1) is 24.0 Å². The molecule has 1 aliphatic heterocycles. The number of aromatic nitrogens is 2. The van der Waals surface area contributed by atoms with Crippen molar-refractivity contribution in [2.24, 2.45) is 12.0 Å². The van der Waals surface area contributed by atoms with Crippen LogP contribution in [0.25, 0.3) is 0 Å². The Morgan fingerprint density at radius 1 is 1.16 bits per heavy atom. The van der Waals surface area contributed by atoms with Crippen molar-refractivity contribution in [3.63, 3.8) is 0 Å². The number of hydrogen-bond donors (Lipinski definition) is 1. The number of alkyl halides is 3. The van der Waals surface area contributed by atoms with Crippen LogP contribution in [0.5, 0.6) is 0 Å². The SMILES string of the molecule is CN=C(NCc1c(C)nn(C)c1C)N1CCN(Cc2cccc(C(F)(F)F)c2)CC1.I. The van der Waals surface area contributed by atoms with E-state index in [1.807, 2.05) is 25.6 Å². The van der Waals surface area contributed by atoms with E-state index in [2.05, 4.69) is 25.2 Å². The molecule has 2 aromatic rings. The molecule has 1 N–H and O–H groups in total. The van der Waals surface area contributed by atoms with E-state index in [0.717, 1.165) is 49.6 Å². The van der Waals surface area contributed by atoms with Crippen LogP contribution in [0.3, 0.4) is 0 Å². The summed E-state index contributed by atoms with van der Waals surface area (Å²) in [5, 5.41) is 7.86. The van der Waals surface area contributed by atoms with Crippen LogP contribution in [-0.2, 0) is 26.3 Å². The predicted octanol–water partition coefficient (Wildman–Crippen LogP) is 3.57. The highest BCUT2D eigenvalue weighted by Crippen LogP contribution is 2.29. The maximum Gasteiger partial charge on any atom is 0.416 e. The summed E-state index contributed by atoms with van der Waals surface area (Å²) in [6.07, 6.45) is -4.31. The molecule has 0 radical (unpaired) electrons. The van der Waals surface area contributed by atoms with Crippen LogP contribution in [0, 0.1) is 13.8 Å². The molecule has 172 valence electrons. The molecule has 0 aliphatic carbocycles. The number of halogens is 4. The first kappa shape index (κ1) is 25.4. The van der Waals surface area contributed by atoms with Gasteiger partial charge in [0.15, 0.2) is 5.96 Å². The Kier molecular flexibility index (Phi) is 8.75.